The summed E-state index contributed by atoms with van der Waals surface area (Å²) in [5.74, 6) is 1.13. The van der Waals surface area contributed by atoms with Crippen molar-refractivity contribution in [3.63, 3.8) is 0 Å². The van der Waals surface area contributed by atoms with Gasteiger partial charge < -0.3 is 9.47 Å². The van der Waals surface area contributed by atoms with Crippen LogP contribution in [0.3, 0.4) is 0 Å². The van der Waals surface area contributed by atoms with Crippen LogP contribution in [-0.2, 0) is 4.79 Å². The van der Waals surface area contributed by atoms with Gasteiger partial charge >= 0.3 is 0 Å². The Hall–Kier alpha value is -2.38. The van der Waals surface area contributed by atoms with Gasteiger partial charge in [-0.1, -0.05) is 11.6 Å². The first-order chi connectivity index (χ1) is 13.9. The lowest BCUT2D eigenvalue weighted by Crippen LogP contribution is -2.41. The van der Waals surface area contributed by atoms with Gasteiger partial charge in [-0.3, -0.25) is 20.4 Å². The summed E-state index contributed by atoms with van der Waals surface area (Å²) in [4.78, 5) is 25.3. The van der Waals surface area contributed by atoms with E-state index in [0.717, 1.165) is 10.6 Å². The number of benzene rings is 2. The number of halogens is 1. The number of nitrogens with one attached hydrogen (secondary N) is 2. The second-order valence-corrected chi connectivity index (χ2v) is 8.05. The third-order valence-corrected chi connectivity index (χ3v) is 5.08. The number of thioether (sulfide) groups is 1. The first kappa shape index (κ1) is 22.9. The normalized spacial score (nSPS) is 10.5. The van der Waals surface area contributed by atoms with Crippen molar-refractivity contribution >= 4 is 35.2 Å². The SMILES string of the molecule is COc1cc(C(=O)NNC(=O)CCCSc2ccc(Cl)cc2)ccc1OC(C)C. The topological polar surface area (TPSA) is 76.7 Å². The van der Waals surface area contributed by atoms with E-state index in [0.29, 0.717) is 34.9 Å². The summed E-state index contributed by atoms with van der Waals surface area (Å²) in [6.07, 6.45) is 0.982. The van der Waals surface area contributed by atoms with E-state index in [2.05, 4.69) is 10.9 Å². The summed E-state index contributed by atoms with van der Waals surface area (Å²) in [5, 5.41) is 0.698. The molecule has 2 N–H and O–H groups in total. The molecule has 0 aromatic heterocycles. The minimum absolute atomic E-state index is 0.0132. The molecule has 0 fully saturated rings. The van der Waals surface area contributed by atoms with Crippen molar-refractivity contribution in [3.8, 4) is 11.5 Å². The molecule has 0 heterocycles. The molecule has 8 heteroatoms. The monoisotopic (exact) mass is 436 g/mol. The van der Waals surface area contributed by atoms with Gasteiger partial charge in [-0.15, -0.1) is 11.8 Å². The number of amides is 2. The molecule has 29 heavy (non-hydrogen) atoms. The van der Waals surface area contributed by atoms with Gasteiger partial charge in [0.1, 0.15) is 0 Å². The Labute approximate surface area is 180 Å². The van der Waals surface area contributed by atoms with Crippen molar-refractivity contribution < 1.29 is 19.1 Å². The van der Waals surface area contributed by atoms with Crippen LogP contribution in [0.1, 0.15) is 37.0 Å². The van der Waals surface area contributed by atoms with Crippen LogP contribution in [0.2, 0.25) is 5.02 Å². The Bertz CT molecular complexity index is 828. The average Bonchev–Trinajstić information content (AvgIpc) is 2.70. The Morgan fingerprint density at radius 2 is 1.79 bits per heavy atom. The number of carbonyl (C=O) groups excluding carboxylic acids is 2. The number of carbonyl (C=O) groups is 2. The first-order valence-electron chi connectivity index (χ1n) is 9.21. The molecule has 0 saturated heterocycles. The summed E-state index contributed by atoms with van der Waals surface area (Å²) < 4.78 is 10.9. The van der Waals surface area contributed by atoms with E-state index in [1.54, 1.807) is 30.0 Å². The second kappa shape index (κ2) is 11.6. The molecule has 2 aromatic rings. The van der Waals surface area contributed by atoms with Crippen LogP contribution in [0.4, 0.5) is 0 Å². The molecule has 0 spiro atoms. The number of hydrazine groups is 1. The highest BCUT2D eigenvalue weighted by molar-refractivity contribution is 7.99. The smallest absolute Gasteiger partial charge is 0.269 e. The van der Waals surface area contributed by atoms with Crippen molar-refractivity contribution in [1.29, 1.82) is 0 Å². The van der Waals surface area contributed by atoms with Crippen molar-refractivity contribution in [1.82, 2.24) is 10.9 Å². The van der Waals surface area contributed by atoms with E-state index >= 15 is 0 Å². The molecular weight excluding hydrogens is 412 g/mol. The zero-order chi connectivity index (χ0) is 21.2. The van der Waals surface area contributed by atoms with E-state index in [9.17, 15) is 9.59 Å². The Kier molecular flexibility index (Phi) is 9.15. The molecule has 2 aromatic carbocycles. The fourth-order valence-corrected chi connectivity index (χ4v) is 3.35. The average molecular weight is 437 g/mol. The number of ether oxygens (including phenoxy) is 2. The lowest BCUT2D eigenvalue weighted by atomic mass is 10.2. The molecule has 156 valence electrons. The maximum atomic E-state index is 12.3. The lowest BCUT2D eigenvalue weighted by molar-refractivity contribution is -0.121. The van der Waals surface area contributed by atoms with Gasteiger partial charge in [-0.25, -0.2) is 0 Å². The highest BCUT2D eigenvalue weighted by Crippen LogP contribution is 2.29. The zero-order valence-electron chi connectivity index (χ0n) is 16.7. The van der Waals surface area contributed by atoms with Crippen LogP contribution in [0, 0.1) is 0 Å². The highest BCUT2D eigenvalue weighted by Gasteiger charge is 2.13. The summed E-state index contributed by atoms with van der Waals surface area (Å²) >= 11 is 7.50. The highest BCUT2D eigenvalue weighted by atomic mass is 35.5. The van der Waals surface area contributed by atoms with Crippen LogP contribution in [-0.4, -0.2) is 30.8 Å². The van der Waals surface area contributed by atoms with Crippen molar-refractivity contribution in [2.45, 2.75) is 37.7 Å². The summed E-state index contributed by atoms with van der Waals surface area (Å²) in [6, 6.07) is 12.4. The molecule has 6 nitrogen and oxygen atoms in total. The minimum atomic E-state index is -0.428. The van der Waals surface area contributed by atoms with E-state index in [4.69, 9.17) is 21.1 Å². The fourth-order valence-electron chi connectivity index (χ4n) is 2.37. The molecule has 0 unspecified atom stereocenters. The van der Waals surface area contributed by atoms with Crippen molar-refractivity contribution in [2.75, 3.05) is 12.9 Å². The number of hydrogen-bond acceptors (Lipinski definition) is 5. The molecular formula is C21H25ClN2O4S. The lowest BCUT2D eigenvalue weighted by Gasteiger charge is -2.14. The number of hydrogen-bond donors (Lipinski definition) is 2. The quantitative estimate of drug-likeness (QED) is 0.344. The number of methoxy groups -OCH3 is 1. The van der Waals surface area contributed by atoms with Gasteiger partial charge in [0.05, 0.1) is 13.2 Å². The second-order valence-electron chi connectivity index (χ2n) is 6.44. The van der Waals surface area contributed by atoms with Gasteiger partial charge in [0, 0.05) is 21.9 Å². The predicted molar refractivity (Wildman–Crippen MR) is 116 cm³/mol. The Morgan fingerprint density at radius 1 is 1.07 bits per heavy atom. The maximum absolute atomic E-state index is 12.3. The van der Waals surface area contributed by atoms with Gasteiger partial charge in [0.15, 0.2) is 11.5 Å². The molecule has 0 saturated carbocycles. The maximum Gasteiger partial charge on any atom is 0.269 e. The van der Waals surface area contributed by atoms with Gasteiger partial charge in [-0.05, 0) is 68.5 Å². The van der Waals surface area contributed by atoms with Crippen LogP contribution >= 0.6 is 23.4 Å². The third kappa shape index (κ3) is 7.87. The van der Waals surface area contributed by atoms with E-state index in [-0.39, 0.29) is 12.0 Å². The molecule has 0 radical (unpaired) electrons. The largest absolute Gasteiger partial charge is 0.493 e. The van der Waals surface area contributed by atoms with Gasteiger partial charge in [0.25, 0.3) is 5.91 Å². The standard InChI is InChI=1S/C21H25ClN2O4S/c1-14(2)28-18-11-6-15(13-19(18)27-3)21(26)24-23-20(25)5-4-12-29-17-9-7-16(22)8-10-17/h6-11,13-14H,4-5,12H2,1-3H3,(H,23,25)(H,24,26). The Balaban J connectivity index is 1.75. The van der Waals surface area contributed by atoms with Gasteiger partial charge in [0.2, 0.25) is 5.91 Å². The number of rotatable bonds is 9. The van der Waals surface area contributed by atoms with Crippen LogP contribution in [0.5, 0.6) is 11.5 Å². The molecule has 0 aliphatic carbocycles. The van der Waals surface area contributed by atoms with E-state index in [1.165, 1.54) is 7.11 Å². The molecule has 2 rings (SSSR count). The minimum Gasteiger partial charge on any atom is -0.493 e. The zero-order valence-corrected chi connectivity index (χ0v) is 18.2. The summed E-state index contributed by atoms with van der Waals surface area (Å²) in [6.45, 7) is 3.81. The summed E-state index contributed by atoms with van der Waals surface area (Å²) in [7, 11) is 1.51. The Morgan fingerprint density at radius 3 is 2.45 bits per heavy atom. The van der Waals surface area contributed by atoms with E-state index in [1.807, 2.05) is 38.1 Å². The first-order valence-corrected chi connectivity index (χ1v) is 10.6. The van der Waals surface area contributed by atoms with Crippen molar-refractivity contribution in [2.24, 2.45) is 0 Å². The van der Waals surface area contributed by atoms with Gasteiger partial charge in [-0.2, -0.15) is 0 Å². The van der Waals surface area contributed by atoms with Crippen LogP contribution in [0.15, 0.2) is 47.4 Å². The predicted octanol–water partition coefficient (Wildman–Crippen LogP) is 4.47. The molecule has 0 bridgehead atoms. The molecule has 0 aliphatic heterocycles. The van der Waals surface area contributed by atoms with Crippen LogP contribution in [0.25, 0.3) is 0 Å². The molecule has 0 atom stereocenters. The fraction of sp³-hybridized carbons (Fsp3) is 0.333. The molecule has 2 amide bonds. The summed E-state index contributed by atoms with van der Waals surface area (Å²) in [5.41, 5.74) is 5.21. The van der Waals surface area contributed by atoms with Crippen LogP contribution < -0.4 is 20.3 Å². The third-order valence-electron chi connectivity index (χ3n) is 3.73. The van der Waals surface area contributed by atoms with Crippen molar-refractivity contribution in [3.05, 3.63) is 53.1 Å². The molecule has 0 aliphatic rings. The van der Waals surface area contributed by atoms with E-state index < -0.39 is 5.91 Å².